The number of hydrogen-bond donors (Lipinski definition) is 0. The number of rotatable bonds is 2. The average molecular weight is 333 g/mol. The van der Waals surface area contributed by atoms with Crippen LogP contribution in [0.2, 0.25) is 5.02 Å². The van der Waals surface area contributed by atoms with Gasteiger partial charge in [-0.15, -0.1) is 0 Å². The lowest BCUT2D eigenvalue weighted by atomic mass is 10.1. The lowest BCUT2D eigenvalue weighted by molar-refractivity contribution is -0.137. The number of carbonyl (C=O) groups is 1. The minimum atomic E-state index is -4.51. The van der Waals surface area contributed by atoms with Gasteiger partial charge in [0.15, 0.2) is 0 Å². The molecule has 0 saturated carbocycles. The summed E-state index contributed by atoms with van der Waals surface area (Å²) < 4.78 is 38.3. The molecule has 1 aromatic rings. The fourth-order valence-electron chi connectivity index (χ4n) is 2.16. The predicted octanol–water partition coefficient (Wildman–Crippen LogP) is 3.15. The van der Waals surface area contributed by atoms with Crippen LogP contribution in [0.1, 0.15) is 11.1 Å². The smallest absolute Gasteiger partial charge is 0.337 e. The molecule has 22 heavy (non-hydrogen) atoms. The van der Waals surface area contributed by atoms with Crippen molar-refractivity contribution in [2.45, 2.75) is 6.18 Å². The highest BCUT2D eigenvalue weighted by molar-refractivity contribution is 6.31. The summed E-state index contributed by atoms with van der Waals surface area (Å²) in [4.78, 5) is 15.8. The lowest BCUT2D eigenvalue weighted by Crippen LogP contribution is -2.46. The summed E-state index contributed by atoms with van der Waals surface area (Å²) in [6.45, 7) is 2.82. The molecule has 7 heteroatoms. The summed E-state index contributed by atoms with van der Waals surface area (Å²) in [5.74, 6) is -0.198. The molecule has 0 aliphatic carbocycles. The van der Waals surface area contributed by atoms with E-state index in [0.717, 1.165) is 19.2 Å². The second-order valence-corrected chi connectivity index (χ2v) is 5.61. The summed E-state index contributed by atoms with van der Waals surface area (Å²) >= 11 is 5.56. The summed E-state index contributed by atoms with van der Waals surface area (Å²) in [5, 5.41) is -0.352. The van der Waals surface area contributed by atoms with Crippen LogP contribution in [0.3, 0.4) is 0 Å². The van der Waals surface area contributed by atoms with Crippen LogP contribution in [-0.4, -0.2) is 48.9 Å². The van der Waals surface area contributed by atoms with Gasteiger partial charge in [-0.25, -0.2) is 0 Å². The van der Waals surface area contributed by atoms with Crippen molar-refractivity contribution in [2.75, 3.05) is 33.2 Å². The van der Waals surface area contributed by atoms with E-state index in [9.17, 15) is 18.0 Å². The van der Waals surface area contributed by atoms with Gasteiger partial charge in [0.1, 0.15) is 0 Å². The molecule has 0 bridgehead atoms. The van der Waals surface area contributed by atoms with Crippen LogP contribution in [0.5, 0.6) is 0 Å². The summed E-state index contributed by atoms with van der Waals surface area (Å²) in [7, 11) is 1.98. The van der Waals surface area contributed by atoms with Gasteiger partial charge in [0, 0.05) is 32.3 Å². The average Bonchev–Trinajstić information content (AvgIpc) is 2.45. The largest absolute Gasteiger partial charge is 0.417 e. The molecule has 0 unspecified atom stereocenters. The van der Waals surface area contributed by atoms with Gasteiger partial charge < -0.3 is 9.80 Å². The number of piperazine rings is 1. The molecule has 0 radical (unpaired) electrons. The highest BCUT2D eigenvalue weighted by atomic mass is 35.5. The second kappa shape index (κ2) is 6.71. The lowest BCUT2D eigenvalue weighted by Gasteiger charge is -2.31. The van der Waals surface area contributed by atoms with Crippen LogP contribution in [0, 0.1) is 0 Å². The predicted molar refractivity (Wildman–Crippen MR) is 79.6 cm³/mol. The quantitative estimate of drug-likeness (QED) is 0.777. The molecule has 0 atom stereocenters. The van der Waals surface area contributed by atoms with Gasteiger partial charge in [0.05, 0.1) is 10.6 Å². The Bertz CT molecular complexity index is 579. The van der Waals surface area contributed by atoms with E-state index in [1.54, 1.807) is 4.90 Å². The third-order valence-corrected chi connectivity index (χ3v) is 3.86. The molecule has 0 aromatic heterocycles. The van der Waals surface area contributed by atoms with Crippen molar-refractivity contribution >= 4 is 23.6 Å². The Hall–Kier alpha value is -1.53. The molecule has 1 aliphatic rings. The number of halogens is 4. The zero-order chi connectivity index (χ0) is 16.3. The zero-order valence-corrected chi connectivity index (χ0v) is 12.8. The van der Waals surface area contributed by atoms with Crippen LogP contribution in [-0.2, 0) is 11.0 Å². The van der Waals surface area contributed by atoms with Gasteiger partial charge in [0.2, 0.25) is 5.91 Å². The van der Waals surface area contributed by atoms with Crippen LogP contribution >= 0.6 is 11.6 Å². The molecule has 1 fully saturated rings. The monoisotopic (exact) mass is 332 g/mol. The van der Waals surface area contributed by atoms with Crippen molar-refractivity contribution in [3.05, 3.63) is 40.4 Å². The molecule has 0 spiro atoms. The highest BCUT2D eigenvalue weighted by Crippen LogP contribution is 2.35. The van der Waals surface area contributed by atoms with E-state index in [-0.39, 0.29) is 10.9 Å². The van der Waals surface area contributed by atoms with Crippen molar-refractivity contribution in [1.82, 2.24) is 9.80 Å². The molecular formula is C15H16ClF3N2O. The van der Waals surface area contributed by atoms with Gasteiger partial charge in [-0.05, 0) is 30.8 Å². The standard InChI is InChI=1S/C15H16ClF3N2O/c1-20-6-8-21(9-7-20)14(22)5-3-11-2-4-13(16)12(10-11)15(17,18)19/h2-5,10H,6-9H2,1H3/b5-3+. The van der Waals surface area contributed by atoms with E-state index in [2.05, 4.69) is 4.90 Å². The van der Waals surface area contributed by atoms with Gasteiger partial charge in [-0.1, -0.05) is 17.7 Å². The van der Waals surface area contributed by atoms with E-state index < -0.39 is 11.7 Å². The number of benzene rings is 1. The first kappa shape index (κ1) is 16.8. The maximum atomic E-state index is 12.8. The Kier molecular flexibility index (Phi) is 5.13. The molecule has 1 amide bonds. The first-order valence-electron chi connectivity index (χ1n) is 6.79. The topological polar surface area (TPSA) is 23.6 Å². The Morgan fingerprint density at radius 3 is 2.45 bits per heavy atom. The van der Waals surface area contributed by atoms with E-state index >= 15 is 0 Å². The number of carbonyl (C=O) groups excluding carboxylic acids is 1. The van der Waals surface area contributed by atoms with Crippen molar-refractivity contribution in [1.29, 1.82) is 0 Å². The van der Waals surface area contributed by atoms with Crippen LogP contribution in [0.4, 0.5) is 13.2 Å². The number of nitrogens with zero attached hydrogens (tertiary/aromatic N) is 2. The minimum Gasteiger partial charge on any atom is -0.337 e. The van der Waals surface area contributed by atoms with Gasteiger partial charge in [-0.3, -0.25) is 4.79 Å². The first-order chi connectivity index (χ1) is 10.3. The maximum Gasteiger partial charge on any atom is 0.417 e. The van der Waals surface area contributed by atoms with E-state index in [1.807, 2.05) is 7.05 Å². The number of likely N-dealkylation sites (N-methyl/N-ethyl adjacent to an activating group) is 1. The molecule has 1 saturated heterocycles. The van der Waals surface area contributed by atoms with Gasteiger partial charge in [-0.2, -0.15) is 13.2 Å². The summed E-state index contributed by atoms with van der Waals surface area (Å²) in [6.07, 6.45) is -1.83. The molecule has 1 aromatic carbocycles. The summed E-state index contributed by atoms with van der Waals surface area (Å²) in [5.41, 5.74) is -0.609. The third kappa shape index (κ3) is 4.24. The highest BCUT2D eigenvalue weighted by Gasteiger charge is 2.33. The molecule has 120 valence electrons. The van der Waals surface area contributed by atoms with Crippen LogP contribution in [0.15, 0.2) is 24.3 Å². The van der Waals surface area contributed by atoms with E-state index in [1.165, 1.54) is 24.3 Å². The Morgan fingerprint density at radius 2 is 1.86 bits per heavy atom. The van der Waals surface area contributed by atoms with Crippen LogP contribution in [0.25, 0.3) is 6.08 Å². The SMILES string of the molecule is CN1CCN(C(=O)/C=C/c2ccc(Cl)c(C(F)(F)F)c2)CC1. The second-order valence-electron chi connectivity index (χ2n) is 5.20. The number of hydrogen-bond acceptors (Lipinski definition) is 2. The summed E-state index contributed by atoms with van der Waals surface area (Å²) in [6, 6.07) is 3.58. The van der Waals surface area contributed by atoms with Crippen molar-refractivity contribution in [3.8, 4) is 0 Å². The number of alkyl halides is 3. The molecule has 1 aliphatic heterocycles. The Morgan fingerprint density at radius 1 is 1.23 bits per heavy atom. The normalized spacial score (nSPS) is 17.2. The fourth-order valence-corrected chi connectivity index (χ4v) is 2.39. The fraction of sp³-hybridized carbons (Fsp3) is 0.400. The van der Waals surface area contributed by atoms with Gasteiger partial charge >= 0.3 is 6.18 Å². The van der Waals surface area contributed by atoms with Crippen molar-refractivity contribution in [3.63, 3.8) is 0 Å². The van der Waals surface area contributed by atoms with Crippen LogP contribution < -0.4 is 0 Å². The van der Waals surface area contributed by atoms with E-state index in [0.29, 0.717) is 18.7 Å². The Labute approximate surface area is 132 Å². The molecule has 0 N–H and O–H groups in total. The third-order valence-electron chi connectivity index (χ3n) is 3.53. The minimum absolute atomic E-state index is 0.198. The zero-order valence-electron chi connectivity index (χ0n) is 12.0. The molecule has 1 heterocycles. The van der Waals surface area contributed by atoms with Gasteiger partial charge in [0.25, 0.3) is 0 Å². The van der Waals surface area contributed by atoms with E-state index in [4.69, 9.17) is 11.6 Å². The van der Waals surface area contributed by atoms with Crippen molar-refractivity contribution in [2.24, 2.45) is 0 Å². The first-order valence-corrected chi connectivity index (χ1v) is 7.17. The Balaban J connectivity index is 2.08. The maximum absolute atomic E-state index is 12.8. The number of amides is 1. The van der Waals surface area contributed by atoms with Crippen molar-refractivity contribution < 1.29 is 18.0 Å². The molecule has 3 nitrogen and oxygen atoms in total. The molecular weight excluding hydrogens is 317 g/mol. The molecule has 2 rings (SSSR count).